The monoisotopic (exact) mass is 475 g/mol. The van der Waals surface area contributed by atoms with Gasteiger partial charge in [0.2, 0.25) is 5.91 Å². The van der Waals surface area contributed by atoms with Crippen molar-refractivity contribution in [3.8, 4) is 5.75 Å². The van der Waals surface area contributed by atoms with Crippen molar-refractivity contribution in [2.75, 3.05) is 26.2 Å². The summed E-state index contributed by atoms with van der Waals surface area (Å²) in [5, 5.41) is 3.12. The molecule has 3 heterocycles. The highest BCUT2D eigenvalue weighted by molar-refractivity contribution is 5.83. The van der Waals surface area contributed by atoms with Crippen LogP contribution in [0.4, 0.5) is 4.79 Å². The largest absolute Gasteiger partial charge is 0.493 e. The number of fused-ring (bicyclic) bond motifs is 4. The summed E-state index contributed by atoms with van der Waals surface area (Å²) in [6.07, 6.45) is 4.22. The highest BCUT2D eigenvalue weighted by Gasteiger charge is 2.48. The SMILES string of the molecule is CC(C)COc1ccc2c(c1)CCN1C(=O)[C@H]3CCCN(C(=O)NCCc4ccccc4)[C@H]3C[C@H]21. The van der Waals surface area contributed by atoms with Gasteiger partial charge in [-0.15, -0.1) is 0 Å². The van der Waals surface area contributed by atoms with Crippen molar-refractivity contribution >= 4 is 11.9 Å². The first-order chi connectivity index (χ1) is 17.0. The molecular formula is C29H37N3O3. The molecular weight excluding hydrogens is 438 g/mol. The number of carbonyl (C=O) groups excluding carboxylic acids is 2. The van der Waals surface area contributed by atoms with Crippen LogP contribution in [0.2, 0.25) is 0 Å². The molecule has 35 heavy (non-hydrogen) atoms. The minimum atomic E-state index is -0.0879. The average Bonchev–Trinajstić information content (AvgIpc) is 2.87. The third-order valence-electron chi connectivity index (χ3n) is 7.69. The van der Waals surface area contributed by atoms with Crippen LogP contribution < -0.4 is 10.1 Å². The van der Waals surface area contributed by atoms with Crippen LogP contribution in [-0.2, 0) is 17.6 Å². The van der Waals surface area contributed by atoms with Crippen LogP contribution in [0.3, 0.4) is 0 Å². The molecule has 3 aliphatic heterocycles. The highest BCUT2D eigenvalue weighted by Crippen LogP contribution is 2.44. The zero-order chi connectivity index (χ0) is 24.4. The number of hydrogen-bond donors (Lipinski definition) is 1. The molecule has 0 aliphatic carbocycles. The quantitative estimate of drug-likeness (QED) is 0.665. The van der Waals surface area contributed by atoms with E-state index in [0.29, 0.717) is 25.6 Å². The van der Waals surface area contributed by atoms with E-state index in [0.717, 1.165) is 44.4 Å². The number of nitrogens with one attached hydrogen (secondary N) is 1. The van der Waals surface area contributed by atoms with Gasteiger partial charge in [-0.1, -0.05) is 50.2 Å². The van der Waals surface area contributed by atoms with E-state index >= 15 is 0 Å². The molecule has 0 bridgehead atoms. The van der Waals surface area contributed by atoms with E-state index in [1.165, 1.54) is 16.7 Å². The van der Waals surface area contributed by atoms with Gasteiger partial charge in [0.1, 0.15) is 5.75 Å². The average molecular weight is 476 g/mol. The number of rotatable bonds is 6. The number of piperidine rings is 2. The Bertz CT molecular complexity index is 1050. The third-order valence-corrected chi connectivity index (χ3v) is 7.69. The van der Waals surface area contributed by atoms with E-state index in [9.17, 15) is 9.59 Å². The molecule has 0 saturated carbocycles. The lowest BCUT2D eigenvalue weighted by Crippen LogP contribution is -2.61. The summed E-state index contributed by atoms with van der Waals surface area (Å²) in [6.45, 7) is 7.05. The Morgan fingerprint density at radius 3 is 2.77 bits per heavy atom. The standard InChI is InChI=1S/C29H37N3O3/c1-20(2)19-35-23-10-11-24-22(17-23)13-16-31-26(24)18-27-25(28(31)33)9-6-15-32(27)29(34)30-14-12-21-7-4-3-5-8-21/h3-5,7-8,10-11,17,20,25-27H,6,9,12-16,18-19H2,1-2H3,(H,30,34)/t25-,26+,27-/m0/s1. The minimum Gasteiger partial charge on any atom is -0.493 e. The fraction of sp³-hybridized carbons (Fsp3) is 0.517. The zero-order valence-corrected chi connectivity index (χ0v) is 20.9. The number of urea groups is 1. The van der Waals surface area contributed by atoms with Crippen molar-refractivity contribution in [2.45, 2.75) is 58.0 Å². The van der Waals surface area contributed by atoms with E-state index in [-0.39, 0.29) is 29.9 Å². The molecule has 3 atom stereocenters. The molecule has 3 aliphatic rings. The number of likely N-dealkylation sites (tertiary alicyclic amines) is 1. The first-order valence-corrected chi connectivity index (χ1v) is 13.2. The molecule has 2 aromatic carbocycles. The second kappa shape index (κ2) is 10.3. The van der Waals surface area contributed by atoms with Gasteiger partial charge in [0.15, 0.2) is 0 Å². The van der Waals surface area contributed by atoms with Gasteiger partial charge in [0.05, 0.1) is 18.6 Å². The summed E-state index contributed by atoms with van der Waals surface area (Å²) < 4.78 is 5.95. The predicted octanol–water partition coefficient (Wildman–Crippen LogP) is 4.58. The molecule has 2 fully saturated rings. The second-order valence-corrected chi connectivity index (χ2v) is 10.6. The molecule has 6 heteroatoms. The number of carbonyl (C=O) groups is 2. The summed E-state index contributed by atoms with van der Waals surface area (Å²) >= 11 is 0. The maximum absolute atomic E-state index is 13.6. The molecule has 0 radical (unpaired) electrons. The van der Waals surface area contributed by atoms with Crippen LogP contribution >= 0.6 is 0 Å². The van der Waals surface area contributed by atoms with Crippen molar-refractivity contribution in [1.29, 1.82) is 0 Å². The Balaban J connectivity index is 1.29. The predicted molar refractivity (Wildman–Crippen MR) is 136 cm³/mol. The molecule has 0 unspecified atom stereocenters. The number of hydrogen-bond acceptors (Lipinski definition) is 3. The van der Waals surface area contributed by atoms with E-state index in [1.54, 1.807) is 0 Å². The topological polar surface area (TPSA) is 61.9 Å². The van der Waals surface area contributed by atoms with Crippen LogP contribution in [0, 0.1) is 11.8 Å². The van der Waals surface area contributed by atoms with Gasteiger partial charge < -0.3 is 19.9 Å². The normalized spacial score (nSPS) is 23.4. The minimum absolute atomic E-state index is 0.0318. The van der Waals surface area contributed by atoms with Crippen LogP contribution in [0.1, 0.15) is 55.8 Å². The molecule has 5 rings (SSSR count). The molecule has 0 aromatic heterocycles. The van der Waals surface area contributed by atoms with Crippen LogP contribution in [0.5, 0.6) is 5.75 Å². The van der Waals surface area contributed by atoms with Gasteiger partial charge in [-0.25, -0.2) is 4.79 Å². The van der Waals surface area contributed by atoms with E-state index < -0.39 is 0 Å². The van der Waals surface area contributed by atoms with Crippen molar-refractivity contribution in [3.63, 3.8) is 0 Å². The maximum atomic E-state index is 13.6. The van der Waals surface area contributed by atoms with Gasteiger partial charge in [0.25, 0.3) is 0 Å². The number of benzene rings is 2. The van der Waals surface area contributed by atoms with Gasteiger partial charge in [-0.05, 0) is 66.8 Å². The summed E-state index contributed by atoms with van der Waals surface area (Å²) in [7, 11) is 0. The van der Waals surface area contributed by atoms with Crippen molar-refractivity contribution in [1.82, 2.24) is 15.1 Å². The number of amides is 3. The Hall–Kier alpha value is -3.02. The Morgan fingerprint density at radius 1 is 1.14 bits per heavy atom. The first kappa shape index (κ1) is 23.7. The van der Waals surface area contributed by atoms with Crippen molar-refractivity contribution < 1.29 is 14.3 Å². The lowest BCUT2D eigenvalue weighted by atomic mass is 9.76. The fourth-order valence-electron chi connectivity index (χ4n) is 5.95. The summed E-state index contributed by atoms with van der Waals surface area (Å²) in [4.78, 5) is 30.8. The third kappa shape index (κ3) is 5.02. The molecule has 186 valence electrons. The molecule has 2 saturated heterocycles. The maximum Gasteiger partial charge on any atom is 0.317 e. The Labute approximate surface area is 208 Å². The van der Waals surface area contributed by atoms with Crippen molar-refractivity contribution in [2.24, 2.45) is 11.8 Å². The lowest BCUT2D eigenvalue weighted by molar-refractivity contribution is -0.148. The van der Waals surface area contributed by atoms with Gasteiger partial charge in [-0.3, -0.25) is 4.79 Å². The molecule has 2 aromatic rings. The second-order valence-electron chi connectivity index (χ2n) is 10.6. The van der Waals surface area contributed by atoms with E-state index in [4.69, 9.17) is 4.74 Å². The van der Waals surface area contributed by atoms with Gasteiger partial charge >= 0.3 is 6.03 Å². The van der Waals surface area contributed by atoms with E-state index in [1.807, 2.05) is 29.2 Å². The van der Waals surface area contributed by atoms with Gasteiger partial charge in [-0.2, -0.15) is 0 Å². The van der Waals surface area contributed by atoms with Crippen LogP contribution in [0.15, 0.2) is 48.5 Å². The molecule has 1 N–H and O–H groups in total. The van der Waals surface area contributed by atoms with E-state index in [2.05, 4.69) is 48.3 Å². The number of nitrogens with zero attached hydrogens (tertiary/aromatic N) is 2. The Morgan fingerprint density at radius 2 is 1.97 bits per heavy atom. The number of ether oxygens (including phenoxy) is 1. The Kier molecular flexibility index (Phi) is 6.98. The smallest absolute Gasteiger partial charge is 0.317 e. The lowest BCUT2D eigenvalue weighted by Gasteiger charge is -2.51. The molecule has 0 spiro atoms. The first-order valence-electron chi connectivity index (χ1n) is 13.2. The fourth-order valence-corrected chi connectivity index (χ4v) is 5.95. The van der Waals surface area contributed by atoms with Gasteiger partial charge in [0, 0.05) is 25.7 Å². The molecule has 6 nitrogen and oxygen atoms in total. The highest BCUT2D eigenvalue weighted by atomic mass is 16.5. The van der Waals surface area contributed by atoms with Crippen LogP contribution in [-0.4, -0.2) is 54.0 Å². The van der Waals surface area contributed by atoms with Crippen LogP contribution in [0.25, 0.3) is 0 Å². The zero-order valence-electron chi connectivity index (χ0n) is 20.9. The summed E-state index contributed by atoms with van der Waals surface area (Å²) in [6, 6.07) is 16.5. The summed E-state index contributed by atoms with van der Waals surface area (Å²) in [5.74, 6) is 1.52. The molecule has 3 amide bonds. The summed E-state index contributed by atoms with van der Waals surface area (Å²) in [5.41, 5.74) is 3.70. The van der Waals surface area contributed by atoms with Crippen molar-refractivity contribution in [3.05, 3.63) is 65.2 Å².